The first-order valence-electron chi connectivity index (χ1n) is 14.8. The van der Waals surface area contributed by atoms with Gasteiger partial charge in [0.1, 0.15) is 11.6 Å². The van der Waals surface area contributed by atoms with Crippen molar-refractivity contribution in [3.8, 4) is 16.8 Å². The number of nitrogens with one attached hydrogen (secondary N) is 1. The summed E-state index contributed by atoms with van der Waals surface area (Å²) in [5, 5.41) is 8.97. The third-order valence-electron chi connectivity index (χ3n) is 7.60. The SMILES string of the molecule is CCCCc1nn(-c2ccccc2Cl)c(=O)n1Cc1ccc(-c2ccccc2S(=O)(=O)Nc2noc(C)c2C)c(COCC)c1. The molecule has 5 aromatic rings. The summed E-state index contributed by atoms with van der Waals surface area (Å²) in [5.74, 6) is 1.34. The Morgan fingerprint density at radius 2 is 1.76 bits per heavy atom. The fourth-order valence-electron chi connectivity index (χ4n) is 5.04. The second-order valence-corrected chi connectivity index (χ2v) is 12.8. The normalized spacial score (nSPS) is 11.7. The molecule has 2 heterocycles. The molecule has 3 aromatic carbocycles. The number of aryl methyl sites for hydroxylation is 2. The number of ether oxygens (including phenoxy) is 1. The van der Waals surface area contributed by atoms with Gasteiger partial charge in [-0.15, -0.1) is 5.10 Å². The Morgan fingerprint density at radius 3 is 2.47 bits per heavy atom. The van der Waals surface area contributed by atoms with Crippen LogP contribution in [0.3, 0.4) is 0 Å². The largest absolute Gasteiger partial charge is 0.377 e. The van der Waals surface area contributed by atoms with Gasteiger partial charge in [0.25, 0.3) is 10.0 Å². The third-order valence-corrected chi connectivity index (χ3v) is 9.32. The average Bonchev–Trinajstić information content (AvgIpc) is 3.51. The maximum absolute atomic E-state index is 13.7. The van der Waals surface area contributed by atoms with E-state index < -0.39 is 10.0 Å². The molecule has 0 bridgehead atoms. The minimum absolute atomic E-state index is 0.0923. The van der Waals surface area contributed by atoms with Crippen LogP contribution in [-0.2, 0) is 34.3 Å². The number of rotatable bonds is 13. The summed E-state index contributed by atoms with van der Waals surface area (Å²) in [7, 11) is -4.03. The smallest absolute Gasteiger partial charge is 0.351 e. The summed E-state index contributed by atoms with van der Waals surface area (Å²) in [5.41, 5.74) is 3.69. The number of nitrogens with zero attached hydrogens (tertiary/aromatic N) is 4. The molecule has 0 aliphatic carbocycles. The van der Waals surface area contributed by atoms with Crippen LogP contribution in [0.1, 0.15) is 55.0 Å². The second kappa shape index (κ2) is 13.8. The molecule has 0 amide bonds. The molecule has 0 radical (unpaired) electrons. The molecule has 12 heteroatoms. The molecule has 0 aliphatic rings. The molecular weight excluding hydrogens is 614 g/mol. The standard InChI is InChI=1S/C33H36ClN5O5S/c1-5-7-16-31-35-39(29-14-10-9-13-28(29)34)33(40)38(31)20-24-17-18-26(25(19-24)21-43-6-2)27-12-8-11-15-30(27)45(41,42)37-32-22(3)23(4)44-36-32/h8-15,17-19H,5-7,16,20-21H2,1-4H3,(H,36,37). The lowest BCUT2D eigenvalue weighted by Crippen LogP contribution is -2.25. The van der Waals surface area contributed by atoms with Crippen LogP contribution in [0, 0.1) is 13.8 Å². The zero-order chi connectivity index (χ0) is 32.1. The minimum atomic E-state index is -4.03. The van der Waals surface area contributed by atoms with Crippen LogP contribution in [0.2, 0.25) is 5.02 Å². The van der Waals surface area contributed by atoms with Gasteiger partial charge >= 0.3 is 5.69 Å². The highest BCUT2D eigenvalue weighted by Crippen LogP contribution is 2.33. The fourth-order valence-corrected chi connectivity index (χ4v) is 6.53. The van der Waals surface area contributed by atoms with Gasteiger partial charge in [-0.2, -0.15) is 4.68 Å². The van der Waals surface area contributed by atoms with E-state index in [1.54, 1.807) is 54.8 Å². The molecule has 236 valence electrons. The molecule has 0 fully saturated rings. The lowest BCUT2D eigenvalue weighted by Gasteiger charge is -2.16. The Balaban J connectivity index is 1.55. The molecule has 10 nitrogen and oxygen atoms in total. The van der Waals surface area contributed by atoms with Crippen LogP contribution in [0.4, 0.5) is 5.82 Å². The summed E-state index contributed by atoms with van der Waals surface area (Å²) in [4.78, 5) is 13.8. The van der Waals surface area contributed by atoms with Gasteiger partial charge in [-0.05, 0) is 62.1 Å². The molecule has 1 N–H and O–H groups in total. The van der Waals surface area contributed by atoms with Crippen molar-refractivity contribution < 1.29 is 17.7 Å². The predicted molar refractivity (Wildman–Crippen MR) is 175 cm³/mol. The number of hydrogen-bond acceptors (Lipinski definition) is 7. The molecule has 0 atom stereocenters. The van der Waals surface area contributed by atoms with Crippen LogP contribution in [0.15, 0.2) is 80.9 Å². The van der Waals surface area contributed by atoms with Gasteiger partial charge in [0.2, 0.25) is 0 Å². The van der Waals surface area contributed by atoms with Crippen molar-refractivity contribution in [3.05, 3.63) is 111 Å². The Kier molecular flexibility index (Phi) is 9.91. The first kappa shape index (κ1) is 32.2. The maximum atomic E-state index is 13.7. The number of sulfonamides is 1. The maximum Gasteiger partial charge on any atom is 0.351 e. The van der Waals surface area contributed by atoms with Gasteiger partial charge in [-0.1, -0.05) is 78.6 Å². The lowest BCUT2D eigenvalue weighted by atomic mass is 9.97. The van der Waals surface area contributed by atoms with Crippen LogP contribution in [0.25, 0.3) is 16.8 Å². The van der Waals surface area contributed by atoms with Gasteiger partial charge in [0.05, 0.1) is 28.8 Å². The highest BCUT2D eigenvalue weighted by molar-refractivity contribution is 7.92. The van der Waals surface area contributed by atoms with E-state index in [4.69, 9.17) is 20.9 Å². The first-order valence-corrected chi connectivity index (χ1v) is 16.7. The van der Waals surface area contributed by atoms with Gasteiger partial charge in [0.15, 0.2) is 5.82 Å². The molecule has 5 rings (SSSR count). The van der Waals surface area contributed by atoms with Crippen LogP contribution < -0.4 is 10.4 Å². The molecule has 0 saturated carbocycles. The van der Waals surface area contributed by atoms with Crippen molar-refractivity contribution in [2.45, 2.75) is 65.0 Å². The van der Waals surface area contributed by atoms with Crippen LogP contribution in [-0.4, -0.2) is 34.5 Å². The quantitative estimate of drug-likeness (QED) is 0.151. The molecule has 0 aliphatic heterocycles. The highest BCUT2D eigenvalue weighted by atomic mass is 35.5. The number of aromatic nitrogens is 4. The molecule has 0 unspecified atom stereocenters. The summed E-state index contributed by atoms with van der Waals surface area (Å²) in [6.07, 6.45) is 2.46. The molecule has 0 saturated heterocycles. The monoisotopic (exact) mass is 649 g/mol. The predicted octanol–water partition coefficient (Wildman–Crippen LogP) is 6.69. The van der Waals surface area contributed by atoms with Gasteiger partial charge in [0, 0.05) is 24.2 Å². The van der Waals surface area contributed by atoms with Crippen molar-refractivity contribution in [1.82, 2.24) is 19.5 Å². The summed E-state index contributed by atoms with van der Waals surface area (Å²) in [6.45, 7) is 8.45. The Hall–Kier alpha value is -4.19. The van der Waals surface area contributed by atoms with Gasteiger partial charge in [-0.25, -0.2) is 13.2 Å². The van der Waals surface area contributed by atoms with E-state index in [9.17, 15) is 13.2 Å². The Morgan fingerprint density at radius 1 is 1.00 bits per heavy atom. The van der Waals surface area contributed by atoms with Crippen molar-refractivity contribution in [2.24, 2.45) is 0 Å². The van der Waals surface area contributed by atoms with Crippen molar-refractivity contribution in [2.75, 3.05) is 11.3 Å². The third kappa shape index (κ3) is 6.90. The molecule has 45 heavy (non-hydrogen) atoms. The minimum Gasteiger partial charge on any atom is -0.377 e. The van der Waals surface area contributed by atoms with E-state index in [2.05, 4.69) is 21.9 Å². The fraction of sp³-hybridized carbons (Fsp3) is 0.303. The summed E-state index contributed by atoms with van der Waals surface area (Å²) in [6, 6.07) is 19.6. The number of para-hydroxylation sites is 1. The van der Waals surface area contributed by atoms with E-state index in [1.165, 1.54) is 4.68 Å². The van der Waals surface area contributed by atoms with Gasteiger partial charge in [-0.3, -0.25) is 9.29 Å². The number of unbranched alkanes of at least 4 members (excludes halogenated alkanes) is 1. The van der Waals surface area contributed by atoms with E-state index in [-0.39, 0.29) is 29.6 Å². The topological polar surface area (TPSA) is 121 Å². The highest BCUT2D eigenvalue weighted by Gasteiger charge is 2.24. The molecular formula is C33H36ClN5O5S. The Bertz CT molecular complexity index is 1980. The van der Waals surface area contributed by atoms with Crippen molar-refractivity contribution >= 4 is 27.4 Å². The summed E-state index contributed by atoms with van der Waals surface area (Å²) < 4.78 is 43.8. The van der Waals surface area contributed by atoms with E-state index in [0.29, 0.717) is 52.0 Å². The van der Waals surface area contributed by atoms with Crippen molar-refractivity contribution in [1.29, 1.82) is 0 Å². The summed E-state index contributed by atoms with van der Waals surface area (Å²) >= 11 is 6.42. The number of hydrogen-bond donors (Lipinski definition) is 1. The average molecular weight is 650 g/mol. The Labute approximate surface area is 267 Å². The zero-order valence-electron chi connectivity index (χ0n) is 25.7. The zero-order valence-corrected chi connectivity index (χ0v) is 27.3. The lowest BCUT2D eigenvalue weighted by molar-refractivity contribution is 0.134. The van der Waals surface area contributed by atoms with Crippen LogP contribution in [0.5, 0.6) is 0 Å². The molecule has 0 spiro atoms. The number of halogens is 1. The first-order chi connectivity index (χ1) is 21.6. The molecule has 2 aromatic heterocycles. The van der Waals surface area contributed by atoms with Gasteiger partial charge < -0.3 is 9.26 Å². The van der Waals surface area contributed by atoms with E-state index in [1.807, 2.05) is 37.3 Å². The van der Waals surface area contributed by atoms with E-state index >= 15 is 0 Å². The second-order valence-electron chi connectivity index (χ2n) is 10.7. The van der Waals surface area contributed by atoms with Crippen LogP contribution >= 0.6 is 11.6 Å². The number of anilines is 1. The number of benzene rings is 3. The van der Waals surface area contributed by atoms with E-state index in [0.717, 1.165) is 24.0 Å². The van der Waals surface area contributed by atoms with Crippen molar-refractivity contribution in [3.63, 3.8) is 0 Å².